The van der Waals surface area contributed by atoms with Crippen molar-refractivity contribution in [1.29, 1.82) is 0 Å². The molecule has 4 aromatic rings. The number of aromatic nitrogens is 4. The lowest BCUT2D eigenvalue weighted by Crippen LogP contribution is -2.59. The molecule has 0 unspecified atom stereocenters. The van der Waals surface area contributed by atoms with Gasteiger partial charge >= 0.3 is 6.03 Å². The second kappa shape index (κ2) is 11.0. The monoisotopic (exact) mass is 539 g/mol. The fourth-order valence-electron chi connectivity index (χ4n) is 4.78. The molecule has 2 saturated heterocycles. The SMILES string of the molecule is C=CC(=O)NC1CN(c2ccnc(NC(=O)Nc3ccc(-c4nc5c(N6CCOCC6)nccc5[nH]4)cc3)c2)C1. The summed E-state index contributed by atoms with van der Waals surface area (Å²) in [5, 5.41) is 8.49. The molecule has 2 aliphatic heterocycles. The summed E-state index contributed by atoms with van der Waals surface area (Å²) in [5.41, 5.74) is 4.18. The Labute approximate surface area is 230 Å². The molecule has 0 aliphatic carbocycles. The molecule has 40 heavy (non-hydrogen) atoms. The Morgan fingerprint density at radius 2 is 1.77 bits per heavy atom. The van der Waals surface area contributed by atoms with Crippen LogP contribution in [0.15, 0.2) is 67.5 Å². The quantitative estimate of drug-likeness (QED) is 0.263. The number of carbonyl (C=O) groups excluding carboxylic acids is 2. The molecular weight excluding hydrogens is 510 g/mol. The molecule has 3 amide bonds. The number of benzene rings is 1. The highest BCUT2D eigenvalue weighted by Crippen LogP contribution is 2.28. The van der Waals surface area contributed by atoms with Crippen molar-refractivity contribution in [3.63, 3.8) is 0 Å². The van der Waals surface area contributed by atoms with E-state index in [0.717, 1.165) is 47.0 Å². The van der Waals surface area contributed by atoms with Crippen LogP contribution in [-0.4, -0.2) is 77.3 Å². The third-order valence-electron chi connectivity index (χ3n) is 6.87. The van der Waals surface area contributed by atoms with E-state index < -0.39 is 6.03 Å². The van der Waals surface area contributed by atoms with E-state index in [2.05, 4.69) is 47.3 Å². The van der Waals surface area contributed by atoms with Gasteiger partial charge in [-0.2, -0.15) is 0 Å². The smallest absolute Gasteiger partial charge is 0.324 e. The van der Waals surface area contributed by atoms with Crippen molar-refractivity contribution in [2.24, 2.45) is 0 Å². The molecule has 4 N–H and O–H groups in total. The standard InChI is InChI=1S/C28H29N9O3/c1-2-24(38)31-20-16-37(17-20)21-7-9-29-23(15-21)34-28(39)32-19-5-3-18(4-6-19)26-33-22-8-10-30-27(25(22)35-26)36-11-13-40-14-12-36/h2-10,15,20H,1,11-14,16-17H2,(H,31,38)(H,33,35)(H2,29,32,34,39). The van der Waals surface area contributed by atoms with Gasteiger partial charge in [0.25, 0.3) is 0 Å². The van der Waals surface area contributed by atoms with Crippen LogP contribution in [0.2, 0.25) is 0 Å². The maximum absolute atomic E-state index is 12.6. The van der Waals surface area contributed by atoms with E-state index in [1.54, 1.807) is 18.5 Å². The zero-order chi connectivity index (χ0) is 27.5. The summed E-state index contributed by atoms with van der Waals surface area (Å²) in [7, 11) is 0. The molecule has 0 bridgehead atoms. The number of ether oxygens (including phenoxy) is 1. The second-order valence-corrected chi connectivity index (χ2v) is 9.59. The number of urea groups is 1. The molecule has 3 aromatic heterocycles. The minimum Gasteiger partial charge on any atom is -0.378 e. The average Bonchev–Trinajstić information content (AvgIpc) is 3.40. The first-order chi connectivity index (χ1) is 19.6. The lowest BCUT2D eigenvalue weighted by Gasteiger charge is -2.41. The minimum atomic E-state index is -0.401. The molecule has 5 heterocycles. The van der Waals surface area contributed by atoms with Crippen LogP contribution in [0.3, 0.4) is 0 Å². The first kappa shape index (κ1) is 25.3. The molecule has 204 valence electrons. The fourth-order valence-corrected chi connectivity index (χ4v) is 4.78. The van der Waals surface area contributed by atoms with E-state index in [1.165, 1.54) is 6.08 Å². The molecule has 0 saturated carbocycles. The first-order valence-corrected chi connectivity index (χ1v) is 13.1. The lowest BCUT2D eigenvalue weighted by atomic mass is 10.1. The Kier molecular flexibility index (Phi) is 6.98. The van der Waals surface area contributed by atoms with Crippen LogP contribution < -0.4 is 25.8 Å². The Morgan fingerprint density at radius 1 is 1.00 bits per heavy atom. The van der Waals surface area contributed by atoms with Gasteiger partial charge in [0.15, 0.2) is 5.82 Å². The van der Waals surface area contributed by atoms with Crippen molar-refractivity contribution < 1.29 is 14.3 Å². The van der Waals surface area contributed by atoms with Gasteiger partial charge < -0.3 is 30.2 Å². The second-order valence-electron chi connectivity index (χ2n) is 9.59. The van der Waals surface area contributed by atoms with E-state index in [1.807, 2.05) is 36.4 Å². The summed E-state index contributed by atoms with van der Waals surface area (Å²) >= 11 is 0. The van der Waals surface area contributed by atoms with Gasteiger partial charge in [-0.05, 0) is 42.5 Å². The topological polar surface area (TPSA) is 140 Å². The van der Waals surface area contributed by atoms with Gasteiger partial charge in [-0.3, -0.25) is 10.1 Å². The van der Waals surface area contributed by atoms with Gasteiger partial charge in [-0.25, -0.2) is 19.7 Å². The number of hydrogen-bond donors (Lipinski definition) is 4. The maximum atomic E-state index is 12.6. The van der Waals surface area contributed by atoms with Gasteiger partial charge in [0.05, 0.1) is 24.8 Å². The van der Waals surface area contributed by atoms with Gasteiger partial charge in [-0.15, -0.1) is 0 Å². The number of rotatable bonds is 7. The third-order valence-corrected chi connectivity index (χ3v) is 6.87. The highest BCUT2D eigenvalue weighted by molar-refractivity contribution is 5.99. The molecule has 0 spiro atoms. The van der Waals surface area contributed by atoms with Crippen molar-refractivity contribution in [3.05, 3.63) is 67.5 Å². The summed E-state index contributed by atoms with van der Waals surface area (Å²) in [4.78, 5) is 45.4. The van der Waals surface area contributed by atoms with Gasteiger partial charge in [0, 0.05) is 61.6 Å². The van der Waals surface area contributed by atoms with Crippen molar-refractivity contribution in [2.45, 2.75) is 6.04 Å². The van der Waals surface area contributed by atoms with Crippen LogP contribution in [-0.2, 0) is 9.53 Å². The molecule has 12 nitrogen and oxygen atoms in total. The number of hydrogen-bond acceptors (Lipinski definition) is 8. The summed E-state index contributed by atoms with van der Waals surface area (Å²) in [6.07, 6.45) is 4.69. The number of H-pyrrole nitrogens is 1. The Morgan fingerprint density at radius 3 is 2.55 bits per heavy atom. The van der Waals surface area contributed by atoms with Crippen molar-refractivity contribution in [3.8, 4) is 11.4 Å². The zero-order valence-corrected chi connectivity index (χ0v) is 21.8. The van der Waals surface area contributed by atoms with E-state index in [9.17, 15) is 9.59 Å². The highest BCUT2D eigenvalue weighted by atomic mass is 16.5. The number of nitrogens with one attached hydrogen (secondary N) is 4. The van der Waals surface area contributed by atoms with Crippen molar-refractivity contribution in [1.82, 2.24) is 25.3 Å². The normalized spacial score (nSPS) is 15.4. The van der Waals surface area contributed by atoms with Crippen molar-refractivity contribution >= 4 is 46.0 Å². The number of nitrogens with zero attached hydrogens (tertiary/aromatic N) is 5. The molecule has 0 radical (unpaired) electrons. The summed E-state index contributed by atoms with van der Waals surface area (Å²) in [5.74, 6) is 1.83. The van der Waals surface area contributed by atoms with Crippen LogP contribution in [0.25, 0.3) is 22.4 Å². The van der Waals surface area contributed by atoms with Crippen LogP contribution >= 0.6 is 0 Å². The minimum absolute atomic E-state index is 0.0735. The van der Waals surface area contributed by atoms with Crippen LogP contribution in [0.4, 0.5) is 27.8 Å². The summed E-state index contributed by atoms with van der Waals surface area (Å²) in [6, 6.07) is 12.7. The van der Waals surface area contributed by atoms with E-state index in [4.69, 9.17) is 9.72 Å². The van der Waals surface area contributed by atoms with E-state index >= 15 is 0 Å². The number of amides is 3. The Balaban J connectivity index is 1.07. The fraction of sp³-hybridized carbons (Fsp3) is 0.250. The van der Waals surface area contributed by atoms with Gasteiger partial charge in [0.1, 0.15) is 17.2 Å². The third kappa shape index (κ3) is 5.43. The predicted octanol–water partition coefficient (Wildman–Crippen LogP) is 2.99. The summed E-state index contributed by atoms with van der Waals surface area (Å²) in [6.45, 7) is 7.74. The average molecular weight is 540 g/mol. The number of aromatic amines is 1. The maximum Gasteiger partial charge on any atom is 0.324 e. The molecule has 2 aliphatic rings. The number of pyridine rings is 2. The Bertz CT molecular complexity index is 1540. The van der Waals surface area contributed by atoms with Crippen LogP contribution in [0, 0.1) is 0 Å². The summed E-state index contributed by atoms with van der Waals surface area (Å²) < 4.78 is 5.47. The zero-order valence-electron chi connectivity index (χ0n) is 21.8. The van der Waals surface area contributed by atoms with Gasteiger partial charge in [0.2, 0.25) is 5.91 Å². The molecule has 1 aromatic carbocycles. The van der Waals surface area contributed by atoms with E-state index in [-0.39, 0.29) is 11.9 Å². The van der Waals surface area contributed by atoms with E-state index in [0.29, 0.717) is 37.8 Å². The van der Waals surface area contributed by atoms with Crippen LogP contribution in [0.5, 0.6) is 0 Å². The van der Waals surface area contributed by atoms with Gasteiger partial charge in [-0.1, -0.05) is 6.58 Å². The first-order valence-electron chi connectivity index (χ1n) is 13.1. The number of anilines is 4. The number of carbonyl (C=O) groups is 2. The lowest BCUT2D eigenvalue weighted by molar-refractivity contribution is -0.117. The predicted molar refractivity (Wildman–Crippen MR) is 154 cm³/mol. The highest BCUT2D eigenvalue weighted by Gasteiger charge is 2.28. The molecule has 0 atom stereocenters. The molecule has 2 fully saturated rings. The molecular formula is C28H29N9O3. The van der Waals surface area contributed by atoms with Crippen molar-refractivity contribution in [2.75, 3.05) is 59.8 Å². The molecule has 6 rings (SSSR count). The largest absolute Gasteiger partial charge is 0.378 e. The Hall–Kier alpha value is -4.97. The number of morpholine rings is 1. The molecule has 12 heteroatoms. The number of fused-ring (bicyclic) bond motifs is 1. The number of imidazole rings is 1. The van der Waals surface area contributed by atoms with Crippen LogP contribution in [0.1, 0.15) is 0 Å².